The fraction of sp³-hybridized carbons (Fsp3) is 0.333. The lowest BCUT2D eigenvalue weighted by Gasteiger charge is -2.07. The van der Waals surface area contributed by atoms with E-state index in [0.29, 0.717) is 23.7 Å². The van der Waals surface area contributed by atoms with Crippen molar-refractivity contribution in [3.63, 3.8) is 0 Å². The summed E-state index contributed by atoms with van der Waals surface area (Å²) in [7, 11) is 0. The highest BCUT2D eigenvalue weighted by atomic mass is 19.4. The van der Waals surface area contributed by atoms with E-state index < -0.39 is 11.9 Å². The minimum absolute atomic E-state index is 0.277. The maximum absolute atomic E-state index is 12.6. The molecule has 3 rings (SSSR count). The summed E-state index contributed by atoms with van der Waals surface area (Å²) < 4.78 is 40.8. The molecule has 0 saturated heterocycles. The lowest BCUT2D eigenvalue weighted by molar-refractivity contribution is -0.141. The van der Waals surface area contributed by atoms with E-state index in [1.165, 1.54) is 11.0 Å². The molecule has 7 nitrogen and oxygen atoms in total. The quantitative estimate of drug-likeness (QED) is 0.795. The van der Waals surface area contributed by atoms with Gasteiger partial charge in [-0.25, -0.2) is 4.98 Å². The Kier molecular flexibility index (Phi) is 3.43. The zero-order valence-corrected chi connectivity index (χ0v) is 11.5. The third-order valence-corrected chi connectivity index (χ3v) is 3.10. The predicted octanol–water partition coefficient (Wildman–Crippen LogP) is 1.76. The van der Waals surface area contributed by atoms with Crippen LogP contribution in [-0.4, -0.2) is 35.9 Å². The summed E-state index contributed by atoms with van der Waals surface area (Å²) in [5.74, 6) is 0.515. The van der Waals surface area contributed by atoms with Crippen molar-refractivity contribution in [3.05, 3.63) is 36.2 Å². The first-order chi connectivity index (χ1) is 10.4. The number of anilines is 1. The van der Waals surface area contributed by atoms with Crippen molar-refractivity contribution < 1.29 is 13.2 Å². The number of aromatic nitrogens is 6. The molecule has 3 aromatic heterocycles. The molecule has 1 N–H and O–H groups in total. The Bertz CT molecular complexity index is 789. The lowest BCUT2D eigenvalue weighted by atomic mass is 10.3. The Morgan fingerprint density at radius 3 is 2.86 bits per heavy atom. The molecule has 0 aliphatic rings. The molecular weight excluding hydrogens is 299 g/mol. The van der Waals surface area contributed by atoms with Crippen molar-refractivity contribution in [1.29, 1.82) is 0 Å². The van der Waals surface area contributed by atoms with E-state index in [1.54, 1.807) is 23.7 Å². The second-order valence-electron chi connectivity index (χ2n) is 4.66. The Morgan fingerprint density at radius 2 is 2.14 bits per heavy atom. The van der Waals surface area contributed by atoms with Crippen LogP contribution in [0, 0.1) is 6.92 Å². The SMILES string of the molecule is Cc1cc(C(F)(F)F)nn1CCNc1nccn2cnnc12. The van der Waals surface area contributed by atoms with E-state index in [9.17, 15) is 13.2 Å². The summed E-state index contributed by atoms with van der Waals surface area (Å²) in [6.07, 6.45) is 0.390. The van der Waals surface area contributed by atoms with E-state index in [4.69, 9.17) is 0 Å². The molecule has 0 aromatic carbocycles. The second-order valence-corrected chi connectivity index (χ2v) is 4.66. The molecule has 0 radical (unpaired) electrons. The van der Waals surface area contributed by atoms with Crippen LogP contribution >= 0.6 is 0 Å². The highest BCUT2D eigenvalue weighted by Crippen LogP contribution is 2.28. The number of aryl methyl sites for hydroxylation is 1. The van der Waals surface area contributed by atoms with Gasteiger partial charge in [0, 0.05) is 24.6 Å². The van der Waals surface area contributed by atoms with Gasteiger partial charge in [-0.1, -0.05) is 0 Å². The Morgan fingerprint density at radius 1 is 1.32 bits per heavy atom. The van der Waals surface area contributed by atoms with Crippen molar-refractivity contribution in [2.24, 2.45) is 0 Å². The smallest absolute Gasteiger partial charge is 0.365 e. The molecule has 0 atom stereocenters. The largest absolute Gasteiger partial charge is 0.435 e. The highest BCUT2D eigenvalue weighted by Gasteiger charge is 2.34. The van der Waals surface area contributed by atoms with Crippen molar-refractivity contribution >= 4 is 11.5 Å². The van der Waals surface area contributed by atoms with Crippen molar-refractivity contribution in [3.8, 4) is 0 Å². The van der Waals surface area contributed by atoms with Crippen LogP contribution in [0.1, 0.15) is 11.4 Å². The van der Waals surface area contributed by atoms with Gasteiger partial charge in [-0.15, -0.1) is 10.2 Å². The molecule has 116 valence electrons. The lowest BCUT2D eigenvalue weighted by Crippen LogP contribution is -2.15. The van der Waals surface area contributed by atoms with Gasteiger partial charge < -0.3 is 5.32 Å². The van der Waals surface area contributed by atoms with Crippen molar-refractivity contribution in [1.82, 2.24) is 29.4 Å². The van der Waals surface area contributed by atoms with E-state index in [1.807, 2.05) is 0 Å². The number of rotatable bonds is 4. The summed E-state index contributed by atoms with van der Waals surface area (Å²) in [5.41, 5.74) is 0.112. The van der Waals surface area contributed by atoms with Gasteiger partial charge in [-0.05, 0) is 13.0 Å². The van der Waals surface area contributed by atoms with Gasteiger partial charge in [-0.2, -0.15) is 18.3 Å². The Labute approximate surface area is 122 Å². The summed E-state index contributed by atoms with van der Waals surface area (Å²) in [6, 6.07) is 1.03. The number of halogens is 3. The predicted molar refractivity (Wildman–Crippen MR) is 71.2 cm³/mol. The van der Waals surface area contributed by atoms with Gasteiger partial charge in [0.15, 0.2) is 11.5 Å². The number of hydrogen-bond acceptors (Lipinski definition) is 5. The van der Waals surface area contributed by atoms with Crippen molar-refractivity contribution in [2.75, 3.05) is 11.9 Å². The molecule has 10 heteroatoms. The highest BCUT2D eigenvalue weighted by molar-refractivity contribution is 5.61. The maximum Gasteiger partial charge on any atom is 0.435 e. The molecule has 0 amide bonds. The molecule has 0 unspecified atom stereocenters. The van der Waals surface area contributed by atoms with Gasteiger partial charge in [-0.3, -0.25) is 9.08 Å². The van der Waals surface area contributed by atoms with Crippen LogP contribution < -0.4 is 5.32 Å². The molecule has 0 spiro atoms. The molecule has 3 heterocycles. The number of alkyl halides is 3. The number of nitrogens with one attached hydrogen (secondary N) is 1. The maximum atomic E-state index is 12.6. The van der Waals surface area contributed by atoms with Gasteiger partial charge in [0.25, 0.3) is 0 Å². The molecule has 3 aromatic rings. The third kappa shape index (κ3) is 2.71. The molecule has 22 heavy (non-hydrogen) atoms. The number of nitrogens with zero attached hydrogens (tertiary/aromatic N) is 6. The summed E-state index contributed by atoms with van der Waals surface area (Å²) >= 11 is 0. The fourth-order valence-corrected chi connectivity index (χ4v) is 2.04. The van der Waals surface area contributed by atoms with Crippen LogP contribution in [0.5, 0.6) is 0 Å². The summed E-state index contributed by atoms with van der Waals surface area (Å²) in [4.78, 5) is 4.13. The third-order valence-electron chi connectivity index (χ3n) is 3.10. The zero-order chi connectivity index (χ0) is 15.7. The average Bonchev–Trinajstić information content (AvgIpc) is 3.06. The van der Waals surface area contributed by atoms with E-state index in [0.717, 1.165) is 6.07 Å². The minimum Gasteiger partial charge on any atom is -0.365 e. The summed E-state index contributed by atoms with van der Waals surface area (Å²) in [5, 5.41) is 14.3. The van der Waals surface area contributed by atoms with Crippen LogP contribution in [0.3, 0.4) is 0 Å². The standard InChI is InChI=1S/C12H12F3N7/c1-8-6-9(12(13,14)15)20-22(8)5-3-17-10-11-19-18-7-21(11)4-2-16-10/h2,4,6-7H,3,5H2,1H3,(H,16,17). The molecule has 0 fully saturated rings. The Balaban J connectivity index is 1.69. The van der Waals surface area contributed by atoms with E-state index >= 15 is 0 Å². The first kappa shape index (κ1) is 14.3. The van der Waals surface area contributed by atoms with Crippen LogP contribution in [0.2, 0.25) is 0 Å². The first-order valence-electron chi connectivity index (χ1n) is 6.45. The van der Waals surface area contributed by atoms with Crippen LogP contribution in [0.4, 0.5) is 19.0 Å². The topological polar surface area (TPSA) is 72.9 Å². The zero-order valence-electron chi connectivity index (χ0n) is 11.5. The molecule has 0 bridgehead atoms. The second kappa shape index (κ2) is 5.28. The minimum atomic E-state index is -4.43. The Hall–Kier alpha value is -2.65. The van der Waals surface area contributed by atoms with Crippen molar-refractivity contribution in [2.45, 2.75) is 19.6 Å². The van der Waals surface area contributed by atoms with Gasteiger partial charge >= 0.3 is 6.18 Å². The number of fused-ring (bicyclic) bond motifs is 1. The van der Waals surface area contributed by atoms with Crippen LogP contribution in [0.15, 0.2) is 24.8 Å². The average molecular weight is 311 g/mol. The first-order valence-corrected chi connectivity index (χ1v) is 6.45. The molecule has 0 saturated carbocycles. The van der Waals surface area contributed by atoms with Crippen LogP contribution in [-0.2, 0) is 12.7 Å². The fourth-order valence-electron chi connectivity index (χ4n) is 2.04. The van der Waals surface area contributed by atoms with E-state index in [-0.39, 0.29) is 6.54 Å². The van der Waals surface area contributed by atoms with Gasteiger partial charge in [0.2, 0.25) is 5.65 Å². The van der Waals surface area contributed by atoms with Gasteiger partial charge in [0.1, 0.15) is 6.33 Å². The summed E-state index contributed by atoms with van der Waals surface area (Å²) in [6.45, 7) is 2.22. The molecule has 0 aliphatic carbocycles. The normalized spacial score (nSPS) is 12.0. The molecular formula is C12H12F3N7. The molecule has 0 aliphatic heterocycles. The van der Waals surface area contributed by atoms with Gasteiger partial charge in [0.05, 0.1) is 6.54 Å². The number of hydrogen-bond donors (Lipinski definition) is 1. The van der Waals surface area contributed by atoms with Crippen LogP contribution in [0.25, 0.3) is 5.65 Å². The van der Waals surface area contributed by atoms with E-state index in [2.05, 4.69) is 25.6 Å². The monoisotopic (exact) mass is 311 g/mol.